The number of fused-ring (bicyclic) bond motifs is 1. The third-order valence-corrected chi connectivity index (χ3v) is 6.81. The summed E-state index contributed by atoms with van der Waals surface area (Å²) in [7, 11) is 0. The van der Waals surface area contributed by atoms with Crippen molar-refractivity contribution in [2.45, 2.75) is 31.0 Å². The number of amides is 2. The van der Waals surface area contributed by atoms with Gasteiger partial charge in [-0.2, -0.15) is 0 Å². The average Bonchev–Trinajstić information content (AvgIpc) is 3.58. The van der Waals surface area contributed by atoms with Crippen LogP contribution in [0.1, 0.15) is 22.5 Å². The molecular weight excluding hydrogens is 440 g/mol. The number of carbonyl (C=O) groups is 3. The number of hydrogen-bond acceptors (Lipinski definition) is 7. The highest BCUT2D eigenvalue weighted by Crippen LogP contribution is 2.28. The van der Waals surface area contributed by atoms with Gasteiger partial charge in [-0.1, -0.05) is 36.4 Å². The van der Waals surface area contributed by atoms with Crippen LogP contribution in [0.5, 0.6) is 0 Å². The second-order valence-electron chi connectivity index (χ2n) is 8.08. The van der Waals surface area contributed by atoms with Crippen molar-refractivity contribution in [3.8, 4) is 10.6 Å². The molecule has 3 unspecified atom stereocenters. The summed E-state index contributed by atoms with van der Waals surface area (Å²) in [5.74, 6) is -0.818. The first-order valence-corrected chi connectivity index (χ1v) is 11.6. The summed E-state index contributed by atoms with van der Waals surface area (Å²) in [6.07, 6.45) is 3.93. The molecule has 8 nitrogen and oxygen atoms in total. The minimum atomic E-state index is -0.851. The first-order chi connectivity index (χ1) is 16.1. The van der Waals surface area contributed by atoms with Gasteiger partial charge in [0.05, 0.1) is 6.10 Å². The predicted molar refractivity (Wildman–Crippen MR) is 122 cm³/mol. The molecule has 4 heterocycles. The Kier molecular flexibility index (Phi) is 5.97. The van der Waals surface area contributed by atoms with Gasteiger partial charge in [0.2, 0.25) is 5.91 Å². The topological polar surface area (TPSA) is 101 Å². The molecule has 1 aromatic carbocycles. The van der Waals surface area contributed by atoms with Crippen molar-refractivity contribution in [3.05, 3.63) is 71.5 Å². The van der Waals surface area contributed by atoms with Gasteiger partial charge in [0, 0.05) is 36.3 Å². The molecule has 9 heteroatoms. The Balaban J connectivity index is 1.37. The van der Waals surface area contributed by atoms with E-state index in [1.165, 1.54) is 11.3 Å². The van der Waals surface area contributed by atoms with Crippen molar-refractivity contribution in [1.29, 1.82) is 0 Å². The van der Waals surface area contributed by atoms with Gasteiger partial charge < -0.3 is 15.0 Å². The summed E-state index contributed by atoms with van der Waals surface area (Å²) < 4.78 is 5.51. The van der Waals surface area contributed by atoms with Gasteiger partial charge in [-0.05, 0) is 18.1 Å². The molecule has 33 heavy (non-hydrogen) atoms. The lowest BCUT2D eigenvalue weighted by Gasteiger charge is -2.27. The molecule has 2 fully saturated rings. The normalized spacial score (nSPS) is 20.5. The number of carbonyl (C=O) groups excluding carboxylic acids is 3. The fraction of sp³-hybridized carbons (Fsp3) is 0.292. The Hall–Kier alpha value is -3.43. The number of pyridine rings is 1. The third-order valence-electron chi connectivity index (χ3n) is 5.92. The number of nitrogens with zero attached hydrogens (tertiary/aromatic N) is 3. The van der Waals surface area contributed by atoms with Crippen LogP contribution in [0.3, 0.4) is 0 Å². The number of hydrogen-bond donors (Lipinski definition) is 1. The standard InChI is InChI=1S/C24H22N4O4S/c29-19-13-32-20-8-10-28(21(19)20)24(31)17(11-15-5-4-9-25-12-15)26-22(30)18-14-33-23(27-18)16-6-2-1-3-7-16/h1-7,9,12,14,17,20-21H,8,10-11,13H2,(H,26,30). The van der Waals surface area contributed by atoms with Gasteiger partial charge in [-0.15, -0.1) is 11.3 Å². The Morgan fingerprint density at radius 2 is 2.06 bits per heavy atom. The summed E-state index contributed by atoms with van der Waals surface area (Å²) in [6, 6.07) is 11.8. The molecule has 168 valence electrons. The van der Waals surface area contributed by atoms with E-state index < -0.39 is 18.0 Å². The summed E-state index contributed by atoms with van der Waals surface area (Å²) in [4.78, 5) is 49.0. The van der Waals surface area contributed by atoms with Gasteiger partial charge >= 0.3 is 0 Å². The highest BCUT2D eigenvalue weighted by Gasteiger charge is 2.48. The zero-order valence-electron chi connectivity index (χ0n) is 17.7. The smallest absolute Gasteiger partial charge is 0.271 e. The molecule has 0 bridgehead atoms. The molecule has 2 aliphatic rings. The lowest BCUT2D eigenvalue weighted by molar-refractivity contribution is -0.138. The van der Waals surface area contributed by atoms with Crippen LogP contribution in [-0.2, 0) is 20.7 Å². The van der Waals surface area contributed by atoms with Crippen LogP contribution in [0, 0.1) is 0 Å². The second kappa shape index (κ2) is 9.21. The molecule has 0 spiro atoms. The van der Waals surface area contributed by atoms with E-state index in [9.17, 15) is 14.4 Å². The Morgan fingerprint density at radius 3 is 2.85 bits per heavy atom. The number of rotatable bonds is 6. The molecule has 2 aliphatic heterocycles. The van der Waals surface area contributed by atoms with Crippen LogP contribution in [0.25, 0.3) is 10.6 Å². The van der Waals surface area contributed by atoms with Crippen molar-refractivity contribution in [3.63, 3.8) is 0 Å². The van der Waals surface area contributed by atoms with Gasteiger partial charge in [0.25, 0.3) is 5.91 Å². The number of ether oxygens (including phenoxy) is 1. The quantitative estimate of drug-likeness (QED) is 0.602. The highest BCUT2D eigenvalue weighted by atomic mass is 32.1. The lowest BCUT2D eigenvalue weighted by atomic mass is 10.0. The summed E-state index contributed by atoms with van der Waals surface area (Å²) in [5, 5.41) is 5.26. The third kappa shape index (κ3) is 4.42. The van der Waals surface area contributed by atoms with Crippen molar-refractivity contribution < 1.29 is 19.1 Å². The van der Waals surface area contributed by atoms with Gasteiger partial charge in [-0.3, -0.25) is 19.4 Å². The monoisotopic (exact) mass is 462 g/mol. The zero-order chi connectivity index (χ0) is 22.8. The van der Waals surface area contributed by atoms with Crippen molar-refractivity contribution in [2.75, 3.05) is 13.2 Å². The summed E-state index contributed by atoms with van der Waals surface area (Å²) in [5.41, 5.74) is 1.99. The number of ketones is 1. The van der Waals surface area contributed by atoms with Crippen molar-refractivity contribution in [2.24, 2.45) is 0 Å². The molecule has 2 aromatic heterocycles. The Morgan fingerprint density at radius 1 is 1.21 bits per heavy atom. The van der Waals surface area contributed by atoms with E-state index in [0.717, 1.165) is 16.1 Å². The maximum Gasteiger partial charge on any atom is 0.271 e. The van der Waals surface area contributed by atoms with Crippen LogP contribution < -0.4 is 5.32 Å². The van der Waals surface area contributed by atoms with E-state index in [2.05, 4.69) is 15.3 Å². The number of benzene rings is 1. The van der Waals surface area contributed by atoms with E-state index in [0.29, 0.717) is 13.0 Å². The van der Waals surface area contributed by atoms with Crippen LogP contribution in [0.4, 0.5) is 0 Å². The first-order valence-electron chi connectivity index (χ1n) is 10.8. The zero-order valence-corrected chi connectivity index (χ0v) is 18.5. The average molecular weight is 463 g/mol. The number of aromatic nitrogens is 2. The fourth-order valence-corrected chi connectivity index (χ4v) is 5.13. The molecule has 1 N–H and O–H groups in total. The van der Waals surface area contributed by atoms with Gasteiger partial charge in [0.15, 0.2) is 5.78 Å². The lowest BCUT2D eigenvalue weighted by Crippen LogP contribution is -2.53. The molecule has 2 amide bonds. The Labute approximate surface area is 194 Å². The van der Waals surface area contributed by atoms with Gasteiger partial charge in [-0.25, -0.2) is 4.98 Å². The molecular formula is C24H22N4O4S. The van der Waals surface area contributed by atoms with Gasteiger partial charge in [0.1, 0.15) is 29.4 Å². The number of Topliss-reactive ketones (excluding diaryl/α,β-unsaturated/α-hetero) is 1. The van der Waals surface area contributed by atoms with E-state index in [1.54, 1.807) is 28.7 Å². The SMILES string of the molecule is O=C(NC(Cc1cccnc1)C(=O)N1CCC2OCC(=O)C21)c1csc(-c2ccccc2)n1. The maximum absolute atomic E-state index is 13.5. The van der Waals surface area contributed by atoms with E-state index >= 15 is 0 Å². The molecule has 5 rings (SSSR count). The highest BCUT2D eigenvalue weighted by molar-refractivity contribution is 7.13. The van der Waals surface area contributed by atoms with Crippen molar-refractivity contribution in [1.82, 2.24) is 20.2 Å². The number of thiazole rings is 1. The predicted octanol–water partition coefficient (Wildman–Crippen LogP) is 2.12. The molecule has 3 aromatic rings. The Bertz CT molecular complexity index is 1170. The fourth-order valence-electron chi connectivity index (χ4n) is 4.32. The van der Waals surface area contributed by atoms with E-state index in [4.69, 9.17) is 4.74 Å². The van der Waals surface area contributed by atoms with E-state index in [-0.39, 0.29) is 36.5 Å². The second-order valence-corrected chi connectivity index (χ2v) is 8.93. The molecule has 0 aliphatic carbocycles. The molecule has 0 radical (unpaired) electrons. The summed E-state index contributed by atoms with van der Waals surface area (Å²) in [6.45, 7) is 0.452. The summed E-state index contributed by atoms with van der Waals surface area (Å²) >= 11 is 1.37. The van der Waals surface area contributed by atoms with Crippen LogP contribution >= 0.6 is 11.3 Å². The minimum absolute atomic E-state index is 0.0276. The molecule has 0 saturated carbocycles. The molecule has 2 saturated heterocycles. The molecule has 3 atom stereocenters. The van der Waals surface area contributed by atoms with E-state index in [1.807, 2.05) is 36.4 Å². The van der Waals surface area contributed by atoms with Crippen LogP contribution in [0.2, 0.25) is 0 Å². The minimum Gasteiger partial charge on any atom is -0.368 e. The van der Waals surface area contributed by atoms with Crippen LogP contribution in [0.15, 0.2) is 60.2 Å². The number of likely N-dealkylation sites (tertiary alicyclic amines) is 1. The number of nitrogens with one attached hydrogen (secondary N) is 1. The largest absolute Gasteiger partial charge is 0.368 e. The maximum atomic E-state index is 13.5. The van der Waals surface area contributed by atoms with Crippen molar-refractivity contribution >= 4 is 28.9 Å². The first kappa shape index (κ1) is 21.4. The van der Waals surface area contributed by atoms with Crippen LogP contribution in [-0.4, -0.2) is 63.8 Å².